The van der Waals surface area contributed by atoms with Gasteiger partial charge in [0.15, 0.2) is 0 Å². The van der Waals surface area contributed by atoms with Gasteiger partial charge in [-0.05, 0) is 38.2 Å². The van der Waals surface area contributed by atoms with Gasteiger partial charge in [0.2, 0.25) is 0 Å². The van der Waals surface area contributed by atoms with E-state index in [1.54, 1.807) is 0 Å². The molecule has 0 atom stereocenters. The van der Waals surface area contributed by atoms with Gasteiger partial charge in [0, 0.05) is 31.0 Å². The summed E-state index contributed by atoms with van der Waals surface area (Å²) in [6, 6.07) is 16.5. The molecule has 0 radical (unpaired) electrons. The van der Waals surface area contributed by atoms with E-state index >= 15 is 0 Å². The zero-order valence-corrected chi connectivity index (χ0v) is 11.6. The summed E-state index contributed by atoms with van der Waals surface area (Å²) in [4.78, 5) is 6.79. The molecule has 0 aliphatic heterocycles. The summed E-state index contributed by atoms with van der Waals surface area (Å²) in [5, 5.41) is 3.41. The Morgan fingerprint density at radius 3 is 2.58 bits per heavy atom. The Morgan fingerprint density at radius 1 is 1.05 bits per heavy atom. The van der Waals surface area contributed by atoms with Crippen molar-refractivity contribution in [1.29, 1.82) is 0 Å². The third-order valence-electron chi connectivity index (χ3n) is 2.97. The number of hydrogen-bond donors (Lipinski definition) is 1. The van der Waals surface area contributed by atoms with Gasteiger partial charge in [0.1, 0.15) is 0 Å². The molecule has 2 rings (SSSR count). The molecule has 0 aliphatic rings. The summed E-state index contributed by atoms with van der Waals surface area (Å²) in [6.07, 6.45) is 0. The highest BCUT2D eigenvalue weighted by Crippen LogP contribution is 2.05. The van der Waals surface area contributed by atoms with Crippen molar-refractivity contribution in [2.45, 2.75) is 13.5 Å². The molecule has 1 heterocycles. The molecule has 0 saturated carbocycles. The van der Waals surface area contributed by atoms with Gasteiger partial charge < -0.3 is 5.32 Å². The molecule has 0 spiro atoms. The lowest BCUT2D eigenvalue weighted by molar-refractivity contribution is 0.335. The Kier molecular flexibility index (Phi) is 4.93. The van der Waals surface area contributed by atoms with E-state index in [0.29, 0.717) is 0 Å². The van der Waals surface area contributed by atoms with E-state index in [0.717, 1.165) is 31.0 Å². The molecule has 0 fully saturated rings. The maximum Gasteiger partial charge on any atom is 0.0547 e. The second-order valence-corrected chi connectivity index (χ2v) is 4.80. The largest absolute Gasteiger partial charge is 0.384 e. The number of anilines is 1. The van der Waals surface area contributed by atoms with Gasteiger partial charge in [-0.3, -0.25) is 9.88 Å². The average molecular weight is 255 g/mol. The number of aryl methyl sites for hydroxylation is 1. The summed E-state index contributed by atoms with van der Waals surface area (Å²) >= 11 is 0. The van der Waals surface area contributed by atoms with E-state index in [1.165, 1.54) is 5.69 Å². The van der Waals surface area contributed by atoms with Crippen LogP contribution >= 0.6 is 0 Å². The zero-order valence-electron chi connectivity index (χ0n) is 11.6. The monoisotopic (exact) mass is 255 g/mol. The first-order chi connectivity index (χ1) is 9.24. The summed E-state index contributed by atoms with van der Waals surface area (Å²) in [6.45, 7) is 4.84. The summed E-state index contributed by atoms with van der Waals surface area (Å²) < 4.78 is 0. The van der Waals surface area contributed by atoms with Crippen LogP contribution in [0, 0.1) is 6.92 Å². The van der Waals surface area contributed by atoms with Crippen molar-refractivity contribution in [3.05, 3.63) is 59.9 Å². The van der Waals surface area contributed by atoms with E-state index < -0.39 is 0 Å². The van der Waals surface area contributed by atoms with Crippen LogP contribution in [-0.2, 0) is 6.54 Å². The molecule has 100 valence electrons. The Balaban J connectivity index is 1.74. The molecule has 2 aromatic rings. The second-order valence-electron chi connectivity index (χ2n) is 4.80. The molecule has 3 nitrogen and oxygen atoms in total. The van der Waals surface area contributed by atoms with Crippen molar-refractivity contribution >= 4 is 5.69 Å². The van der Waals surface area contributed by atoms with Crippen LogP contribution in [0.1, 0.15) is 11.4 Å². The van der Waals surface area contributed by atoms with Gasteiger partial charge >= 0.3 is 0 Å². The molecule has 1 aromatic heterocycles. The van der Waals surface area contributed by atoms with Gasteiger partial charge in [-0.1, -0.05) is 24.3 Å². The van der Waals surface area contributed by atoms with Crippen LogP contribution in [0.15, 0.2) is 48.5 Å². The lowest BCUT2D eigenvalue weighted by atomic mass is 10.3. The SMILES string of the molecule is Cc1cccc(CN(C)CCNc2ccccc2)n1. The molecule has 0 unspecified atom stereocenters. The average Bonchev–Trinajstić information content (AvgIpc) is 2.40. The molecule has 0 amide bonds. The Bertz CT molecular complexity index is 496. The molecule has 0 aliphatic carbocycles. The third kappa shape index (κ3) is 4.72. The van der Waals surface area contributed by atoms with Gasteiger partial charge in [-0.15, -0.1) is 0 Å². The lowest BCUT2D eigenvalue weighted by Crippen LogP contribution is -2.25. The quantitative estimate of drug-likeness (QED) is 0.860. The standard InChI is InChI=1S/C16H21N3/c1-14-7-6-10-16(18-14)13-19(2)12-11-17-15-8-4-3-5-9-15/h3-10,17H,11-13H2,1-2H3. The Labute approximate surface area is 115 Å². The van der Waals surface area contributed by atoms with Gasteiger partial charge in [-0.25, -0.2) is 0 Å². The molecule has 0 bridgehead atoms. The third-order valence-corrected chi connectivity index (χ3v) is 2.97. The van der Waals surface area contributed by atoms with E-state index in [2.05, 4.69) is 46.5 Å². The number of pyridine rings is 1. The van der Waals surface area contributed by atoms with Crippen molar-refractivity contribution in [3.8, 4) is 0 Å². The van der Waals surface area contributed by atoms with Crippen LogP contribution in [0.25, 0.3) is 0 Å². The van der Waals surface area contributed by atoms with Crippen molar-refractivity contribution in [2.24, 2.45) is 0 Å². The highest BCUT2D eigenvalue weighted by atomic mass is 15.1. The molecule has 1 aromatic carbocycles. The first kappa shape index (κ1) is 13.6. The van der Waals surface area contributed by atoms with E-state index in [-0.39, 0.29) is 0 Å². The van der Waals surface area contributed by atoms with Crippen LogP contribution < -0.4 is 5.32 Å². The lowest BCUT2D eigenvalue weighted by Gasteiger charge is -2.17. The number of nitrogens with zero attached hydrogens (tertiary/aromatic N) is 2. The first-order valence-electron chi connectivity index (χ1n) is 6.64. The predicted octanol–water partition coefficient (Wildman–Crippen LogP) is 2.93. The molecule has 19 heavy (non-hydrogen) atoms. The number of rotatable bonds is 6. The fourth-order valence-corrected chi connectivity index (χ4v) is 1.99. The van der Waals surface area contributed by atoms with Crippen molar-refractivity contribution in [3.63, 3.8) is 0 Å². The number of likely N-dealkylation sites (N-methyl/N-ethyl adjacent to an activating group) is 1. The minimum absolute atomic E-state index is 0.887. The van der Waals surface area contributed by atoms with Crippen LogP contribution in [0.3, 0.4) is 0 Å². The number of para-hydroxylation sites is 1. The number of nitrogens with one attached hydrogen (secondary N) is 1. The zero-order chi connectivity index (χ0) is 13.5. The van der Waals surface area contributed by atoms with Crippen LogP contribution in [0.5, 0.6) is 0 Å². The number of hydrogen-bond acceptors (Lipinski definition) is 3. The highest BCUT2D eigenvalue weighted by Gasteiger charge is 2.01. The van der Waals surface area contributed by atoms with E-state index in [4.69, 9.17) is 0 Å². The normalized spacial score (nSPS) is 10.7. The van der Waals surface area contributed by atoms with E-state index in [9.17, 15) is 0 Å². The molecular weight excluding hydrogens is 234 g/mol. The van der Waals surface area contributed by atoms with Crippen molar-refractivity contribution < 1.29 is 0 Å². The van der Waals surface area contributed by atoms with Crippen LogP contribution in [-0.4, -0.2) is 30.0 Å². The molecule has 0 saturated heterocycles. The first-order valence-corrected chi connectivity index (χ1v) is 6.64. The smallest absolute Gasteiger partial charge is 0.0547 e. The molecule has 1 N–H and O–H groups in total. The maximum atomic E-state index is 4.52. The van der Waals surface area contributed by atoms with Crippen LogP contribution in [0.2, 0.25) is 0 Å². The fraction of sp³-hybridized carbons (Fsp3) is 0.312. The van der Waals surface area contributed by atoms with E-state index in [1.807, 2.05) is 31.2 Å². The van der Waals surface area contributed by atoms with Gasteiger partial charge in [-0.2, -0.15) is 0 Å². The summed E-state index contributed by atoms with van der Waals surface area (Å²) in [5.74, 6) is 0. The summed E-state index contributed by atoms with van der Waals surface area (Å²) in [7, 11) is 2.12. The minimum Gasteiger partial charge on any atom is -0.384 e. The van der Waals surface area contributed by atoms with Crippen LogP contribution in [0.4, 0.5) is 5.69 Å². The van der Waals surface area contributed by atoms with Gasteiger partial charge in [0.05, 0.1) is 5.69 Å². The highest BCUT2D eigenvalue weighted by molar-refractivity contribution is 5.42. The van der Waals surface area contributed by atoms with Crippen molar-refractivity contribution in [1.82, 2.24) is 9.88 Å². The molecule has 3 heteroatoms. The fourth-order valence-electron chi connectivity index (χ4n) is 1.99. The number of benzene rings is 1. The van der Waals surface area contributed by atoms with Crippen molar-refractivity contribution in [2.75, 3.05) is 25.5 Å². The predicted molar refractivity (Wildman–Crippen MR) is 80.2 cm³/mol. The summed E-state index contributed by atoms with van der Waals surface area (Å²) in [5.41, 5.74) is 3.38. The topological polar surface area (TPSA) is 28.2 Å². The molecular formula is C16H21N3. The van der Waals surface area contributed by atoms with Gasteiger partial charge in [0.25, 0.3) is 0 Å². The second kappa shape index (κ2) is 6.90. The maximum absolute atomic E-state index is 4.52. The Morgan fingerprint density at radius 2 is 1.84 bits per heavy atom. The number of aromatic nitrogens is 1. The Hall–Kier alpha value is -1.87. The minimum atomic E-state index is 0.887.